The van der Waals surface area contributed by atoms with Crippen LogP contribution in [0.3, 0.4) is 0 Å². The molecule has 0 aromatic carbocycles. The SMILES string of the molecule is CCOC(C)OC(=O)/C(C)=C/C#N. The number of carbonyl (C=O) groups is 1. The van der Waals surface area contributed by atoms with Gasteiger partial charge in [0.25, 0.3) is 0 Å². The Morgan fingerprint density at radius 3 is 2.77 bits per heavy atom. The standard InChI is InChI=1S/C9H13NO3/c1-4-12-8(3)13-9(11)7(2)5-6-10/h5,8H,4H2,1-3H3/b7-5+. The third-order valence-electron chi connectivity index (χ3n) is 1.28. The van der Waals surface area contributed by atoms with Crippen molar-refractivity contribution in [1.82, 2.24) is 0 Å². The molecule has 0 bridgehead atoms. The minimum absolute atomic E-state index is 0.272. The van der Waals surface area contributed by atoms with Crippen molar-refractivity contribution in [2.75, 3.05) is 6.61 Å². The molecule has 0 aliphatic carbocycles. The predicted octanol–water partition coefficient (Wildman–Crippen LogP) is 1.38. The largest absolute Gasteiger partial charge is 0.433 e. The maximum Gasteiger partial charge on any atom is 0.336 e. The highest BCUT2D eigenvalue weighted by molar-refractivity contribution is 5.88. The molecule has 0 saturated carbocycles. The van der Waals surface area contributed by atoms with Crippen molar-refractivity contribution in [3.63, 3.8) is 0 Å². The van der Waals surface area contributed by atoms with E-state index in [-0.39, 0.29) is 5.57 Å². The number of allylic oxidation sites excluding steroid dienone is 1. The molecule has 0 heterocycles. The van der Waals surface area contributed by atoms with Gasteiger partial charge in [-0.1, -0.05) is 0 Å². The Morgan fingerprint density at radius 2 is 2.31 bits per heavy atom. The second kappa shape index (κ2) is 6.21. The summed E-state index contributed by atoms with van der Waals surface area (Å²) in [6, 6.07) is 1.75. The molecule has 0 aliphatic rings. The number of nitrogens with zero attached hydrogens (tertiary/aromatic N) is 1. The second-order valence-electron chi connectivity index (χ2n) is 2.38. The molecule has 0 aromatic heterocycles. The van der Waals surface area contributed by atoms with Gasteiger partial charge in [-0.25, -0.2) is 4.79 Å². The van der Waals surface area contributed by atoms with Crippen LogP contribution in [0.5, 0.6) is 0 Å². The molecule has 1 atom stereocenters. The van der Waals surface area contributed by atoms with Crippen molar-refractivity contribution < 1.29 is 14.3 Å². The van der Waals surface area contributed by atoms with Gasteiger partial charge in [-0.3, -0.25) is 0 Å². The first kappa shape index (κ1) is 11.7. The molecule has 72 valence electrons. The molecule has 0 saturated heterocycles. The normalized spacial score (nSPS) is 13.2. The monoisotopic (exact) mass is 183 g/mol. The topological polar surface area (TPSA) is 59.3 Å². The highest BCUT2D eigenvalue weighted by Gasteiger charge is 2.10. The van der Waals surface area contributed by atoms with Gasteiger partial charge in [-0.2, -0.15) is 5.26 Å². The summed E-state index contributed by atoms with van der Waals surface area (Å²) in [6.07, 6.45) is 0.570. The van der Waals surface area contributed by atoms with Crippen LogP contribution < -0.4 is 0 Å². The van der Waals surface area contributed by atoms with Crippen LogP contribution >= 0.6 is 0 Å². The zero-order valence-electron chi connectivity index (χ0n) is 8.03. The lowest BCUT2D eigenvalue weighted by Gasteiger charge is -2.12. The van der Waals surface area contributed by atoms with Crippen LogP contribution in [0.2, 0.25) is 0 Å². The molecule has 0 rings (SSSR count). The molecule has 13 heavy (non-hydrogen) atoms. The number of hydrogen-bond acceptors (Lipinski definition) is 4. The van der Waals surface area contributed by atoms with Crippen LogP contribution in [-0.4, -0.2) is 18.9 Å². The second-order valence-corrected chi connectivity index (χ2v) is 2.38. The summed E-state index contributed by atoms with van der Waals surface area (Å²) >= 11 is 0. The molecule has 0 radical (unpaired) electrons. The van der Waals surface area contributed by atoms with Crippen molar-refractivity contribution in [2.45, 2.75) is 27.1 Å². The lowest BCUT2D eigenvalue weighted by Crippen LogP contribution is -2.18. The first-order valence-electron chi connectivity index (χ1n) is 4.00. The van der Waals surface area contributed by atoms with Crippen LogP contribution in [0, 0.1) is 11.3 Å². The van der Waals surface area contributed by atoms with Gasteiger partial charge in [0.05, 0.1) is 6.07 Å². The van der Waals surface area contributed by atoms with Gasteiger partial charge in [-0.05, 0) is 20.8 Å². The lowest BCUT2D eigenvalue weighted by molar-refractivity contribution is -0.169. The predicted molar refractivity (Wildman–Crippen MR) is 46.6 cm³/mol. The summed E-state index contributed by atoms with van der Waals surface area (Å²) in [5.41, 5.74) is 0.272. The van der Waals surface area contributed by atoms with Gasteiger partial charge >= 0.3 is 5.97 Å². The Kier molecular flexibility index (Phi) is 5.57. The van der Waals surface area contributed by atoms with E-state index in [4.69, 9.17) is 14.7 Å². The summed E-state index contributed by atoms with van der Waals surface area (Å²) in [7, 11) is 0. The lowest BCUT2D eigenvalue weighted by atomic mass is 10.3. The van der Waals surface area contributed by atoms with Crippen molar-refractivity contribution >= 4 is 5.97 Å². The zero-order valence-corrected chi connectivity index (χ0v) is 8.03. The summed E-state index contributed by atoms with van der Waals surface area (Å²) in [6.45, 7) is 5.43. The van der Waals surface area contributed by atoms with Crippen LogP contribution in [0.4, 0.5) is 0 Å². The molecule has 0 amide bonds. The molecule has 0 N–H and O–H groups in total. The van der Waals surface area contributed by atoms with E-state index in [1.807, 2.05) is 6.92 Å². The third kappa shape index (κ3) is 4.99. The highest BCUT2D eigenvalue weighted by atomic mass is 16.7. The molecule has 0 spiro atoms. The molecule has 0 aromatic rings. The fourth-order valence-corrected chi connectivity index (χ4v) is 0.668. The maximum atomic E-state index is 11.1. The number of carbonyl (C=O) groups excluding carboxylic acids is 1. The van der Waals surface area contributed by atoms with E-state index in [1.54, 1.807) is 13.0 Å². The average Bonchev–Trinajstić information content (AvgIpc) is 2.05. The van der Waals surface area contributed by atoms with E-state index < -0.39 is 12.3 Å². The number of esters is 1. The van der Waals surface area contributed by atoms with Gasteiger partial charge in [0.1, 0.15) is 0 Å². The van der Waals surface area contributed by atoms with E-state index in [2.05, 4.69) is 0 Å². The fourth-order valence-electron chi connectivity index (χ4n) is 0.668. The van der Waals surface area contributed by atoms with E-state index in [9.17, 15) is 4.79 Å². The Hall–Kier alpha value is -1.34. The maximum absolute atomic E-state index is 11.1. The molecule has 4 heteroatoms. The number of nitriles is 1. The van der Waals surface area contributed by atoms with Crippen molar-refractivity contribution in [3.05, 3.63) is 11.6 Å². The first-order chi connectivity index (χ1) is 6.11. The summed E-state index contributed by atoms with van der Waals surface area (Å²) in [5.74, 6) is -0.525. The Bertz CT molecular complexity index is 240. The fraction of sp³-hybridized carbons (Fsp3) is 0.556. The molecule has 4 nitrogen and oxygen atoms in total. The minimum atomic E-state index is -0.570. The van der Waals surface area contributed by atoms with Crippen molar-refractivity contribution in [1.29, 1.82) is 5.26 Å². The van der Waals surface area contributed by atoms with Crippen LogP contribution in [0.15, 0.2) is 11.6 Å². The Labute approximate surface area is 77.8 Å². The first-order valence-corrected chi connectivity index (χ1v) is 4.00. The minimum Gasteiger partial charge on any atom is -0.433 e. The van der Waals surface area contributed by atoms with E-state index in [0.29, 0.717) is 6.61 Å². The molecule has 0 fully saturated rings. The van der Waals surface area contributed by atoms with E-state index >= 15 is 0 Å². The summed E-state index contributed by atoms with van der Waals surface area (Å²) in [4.78, 5) is 11.1. The van der Waals surface area contributed by atoms with Gasteiger partial charge in [0, 0.05) is 18.3 Å². The summed E-state index contributed by atoms with van der Waals surface area (Å²) in [5, 5.41) is 8.26. The zero-order chi connectivity index (χ0) is 10.3. The number of ether oxygens (including phenoxy) is 2. The molecular formula is C9H13NO3. The van der Waals surface area contributed by atoms with Gasteiger partial charge in [-0.15, -0.1) is 0 Å². The van der Waals surface area contributed by atoms with E-state index in [1.165, 1.54) is 6.92 Å². The van der Waals surface area contributed by atoms with Crippen molar-refractivity contribution in [2.24, 2.45) is 0 Å². The third-order valence-corrected chi connectivity index (χ3v) is 1.28. The van der Waals surface area contributed by atoms with Gasteiger partial charge < -0.3 is 9.47 Å². The highest BCUT2D eigenvalue weighted by Crippen LogP contribution is 2.01. The Morgan fingerprint density at radius 1 is 1.69 bits per heavy atom. The average molecular weight is 183 g/mol. The van der Waals surface area contributed by atoms with Crippen LogP contribution in [0.1, 0.15) is 20.8 Å². The number of rotatable bonds is 4. The molecular weight excluding hydrogens is 170 g/mol. The van der Waals surface area contributed by atoms with Gasteiger partial charge in [0.2, 0.25) is 0 Å². The smallest absolute Gasteiger partial charge is 0.336 e. The van der Waals surface area contributed by atoms with E-state index in [0.717, 1.165) is 6.08 Å². The summed E-state index contributed by atoms with van der Waals surface area (Å²) < 4.78 is 9.81. The molecule has 0 aliphatic heterocycles. The molecule has 1 unspecified atom stereocenters. The van der Waals surface area contributed by atoms with Gasteiger partial charge in [0.15, 0.2) is 6.29 Å². The van der Waals surface area contributed by atoms with Crippen LogP contribution in [0.25, 0.3) is 0 Å². The van der Waals surface area contributed by atoms with Crippen molar-refractivity contribution in [3.8, 4) is 6.07 Å². The number of hydrogen-bond donors (Lipinski definition) is 0. The van der Waals surface area contributed by atoms with Crippen LogP contribution in [-0.2, 0) is 14.3 Å². The quantitative estimate of drug-likeness (QED) is 0.286. The Balaban J connectivity index is 4.02.